The molecule has 0 amide bonds. The van der Waals surface area contributed by atoms with Gasteiger partial charge in [0.25, 0.3) is 11.2 Å². The van der Waals surface area contributed by atoms with E-state index in [2.05, 4.69) is 33.7 Å². The minimum absolute atomic E-state index is 0.0191. The third kappa shape index (κ3) is 5.07. The van der Waals surface area contributed by atoms with Crippen LogP contribution in [0.25, 0.3) is 0 Å². The summed E-state index contributed by atoms with van der Waals surface area (Å²) >= 11 is 0. The van der Waals surface area contributed by atoms with Crippen molar-refractivity contribution in [2.45, 2.75) is 57.3 Å². The summed E-state index contributed by atoms with van der Waals surface area (Å²) in [5.74, 6) is 0.797. The number of aromatic amines is 1. The molecule has 10 heteroatoms. The number of hydrazine groups is 1. The number of hydrogen-bond acceptors (Lipinski definition) is 4. The number of rotatable bonds is 5. The van der Waals surface area contributed by atoms with Crippen LogP contribution >= 0.6 is 0 Å². The van der Waals surface area contributed by atoms with Crippen LogP contribution in [0.1, 0.15) is 50.2 Å². The number of amidine groups is 1. The van der Waals surface area contributed by atoms with E-state index in [4.69, 9.17) is 0 Å². The van der Waals surface area contributed by atoms with Crippen LogP contribution in [0.15, 0.2) is 46.3 Å². The molecule has 2 aliphatic carbocycles. The molecule has 7 nitrogen and oxygen atoms in total. The SMILES string of the molecule is CC(NC1CCC(C=[N+]2NC(=Nc3ccc(C(F)(F)F)cc3)c3c2cc[nH]c3=O)C(C#N)C1)C1CC1. The van der Waals surface area contributed by atoms with Gasteiger partial charge in [0.1, 0.15) is 0 Å². The Hall–Kier alpha value is -3.45. The Balaban J connectivity index is 1.38. The van der Waals surface area contributed by atoms with E-state index in [1.54, 1.807) is 10.8 Å². The van der Waals surface area contributed by atoms with E-state index in [1.807, 2.05) is 6.21 Å². The number of fused-ring (bicyclic) bond motifs is 1. The second-order valence-corrected chi connectivity index (χ2v) is 9.91. The van der Waals surface area contributed by atoms with Gasteiger partial charge in [-0.2, -0.15) is 18.4 Å². The van der Waals surface area contributed by atoms with Crippen molar-refractivity contribution in [1.29, 1.82) is 5.26 Å². The predicted octanol–water partition coefficient (Wildman–Crippen LogP) is 4.40. The molecule has 1 aromatic carbocycles. The number of halogens is 3. The lowest BCUT2D eigenvalue weighted by Crippen LogP contribution is -2.43. The second kappa shape index (κ2) is 9.54. The fraction of sp³-hybridized carbons (Fsp3) is 0.462. The Bertz CT molecular complexity index is 1290. The highest BCUT2D eigenvalue weighted by Crippen LogP contribution is 2.35. The van der Waals surface area contributed by atoms with Crippen LogP contribution in [0.3, 0.4) is 0 Å². The Labute approximate surface area is 206 Å². The highest BCUT2D eigenvalue weighted by atomic mass is 19.4. The van der Waals surface area contributed by atoms with Crippen LogP contribution in [-0.4, -0.2) is 33.8 Å². The molecule has 0 bridgehead atoms. The largest absolute Gasteiger partial charge is 0.416 e. The zero-order valence-electron chi connectivity index (χ0n) is 19.8. The van der Waals surface area contributed by atoms with Crippen LogP contribution in [0.4, 0.5) is 24.5 Å². The highest BCUT2D eigenvalue weighted by molar-refractivity contribution is 6.04. The van der Waals surface area contributed by atoms with Gasteiger partial charge in [0.15, 0.2) is 11.8 Å². The van der Waals surface area contributed by atoms with E-state index < -0.39 is 11.7 Å². The number of benzene rings is 1. The van der Waals surface area contributed by atoms with Crippen LogP contribution in [0.5, 0.6) is 0 Å². The Kier molecular flexibility index (Phi) is 6.43. The Morgan fingerprint density at radius 2 is 1.94 bits per heavy atom. The molecule has 4 atom stereocenters. The van der Waals surface area contributed by atoms with Gasteiger partial charge < -0.3 is 10.3 Å². The summed E-state index contributed by atoms with van der Waals surface area (Å²) in [5, 5.41) is 13.6. The number of pyridine rings is 1. The van der Waals surface area contributed by atoms with Gasteiger partial charge >= 0.3 is 6.18 Å². The van der Waals surface area contributed by atoms with E-state index in [9.17, 15) is 23.2 Å². The average Bonchev–Trinajstić information content (AvgIpc) is 3.64. The molecule has 0 saturated heterocycles. The summed E-state index contributed by atoms with van der Waals surface area (Å²) in [7, 11) is 0. The molecular formula is C26H28F3N6O+. The summed E-state index contributed by atoms with van der Waals surface area (Å²) in [6, 6.07) is 9.44. The molecule has 0 spiro atoms. The molecule has 2 fully saturated rings. The van der Waals surface area contributed by atoms with Gasteiger partial charge in [-0.1, -0.05) is 4.68 Å². The maximum absolute atomic E-state index is 12.9. The summed E-state index contributed by atoms with van der Waals surface area (Å²) in [6.07, 6.45) is 4.12. The highest BCUT2D eigenvalue weighted by Gasteiger charge is 2.38. The minimum Gasteiger partial charge on any atom is -0.328 e. The lowest BCUT2D eigenvalue weighted by molar-refractivity contribution is -0.478. The van der Waals surface area contributed by atoms with Gasteiger partial charge in [0, 0.05) is 24.3 Å². The maximum Gasteiger partial charge on any atom is 0.416 e. The number of hydrogen-bond donors (Lipinski definition) is 3. The molecule has 0 radical (unpaired) electrons. The Morgan fingerprint density at radius 1 is 1.19 bits per heavy atom. The first-order valence-electron chi connectivity index (χ1n) is 12.3. The Morgan fingerprint density at radius 3 is 2.61 bits per heavy atom. The van der Waals surface area contributed by atoms with Crippen molar-refractivity contribution in [2.75, 3.05) is 0 Å². The molecule has 2 aromatic rings. The zero-order chi connectivity index (χ0) is 25.4. The van der Waals surface area contributed by atoms with Crippen molar-refractivity contribution in [3.05, 3.63) is 58.0 Å². The number of H-pyrrole nitrogens is 1. The third-order valence-electron chi connectivity index (χ3n) is 7.33. The van der Waals surface area contributed by atoms with Crippen LogP contribution < -0.4 is 16.3 Å². The first-order chi connectivity index (χ1) is 17.2. The fourth-order valence-electron chi connectivity index (χ4n) is 5.15. The predicted molar refractivity (Wildman–Crippen MR) is 129 cm³/mol. The van der Waals surface area contributed by atoms with E-state index in [1.165, 1.54) is 31.2 Å². The van der Waals surface area contributed by atoms with E-state index in [-0.39, 0.29) is 28.9 Å². The molecule has 36 heavy (non-hydrogen) atoms. The molecule has 5 rings (SSSR count). The zero-order valence-corrected chi connectivity index (χ0v) is 19.8. The molecule has 1 aliphatic heterocycles. The normalized spacial score (nSPS) is 26.9. The van der Waals surface area contributed by atoms with Crippen LogP contribution in [0, 0.1) is 29.1 Å². The first kappa shape index (κ1) is 24.3. The number of aliphatic imine (C=N–C) groups is 1. The first-order valence-corrected chi connectivity index (χ1v) is 12.3. The van der Waals surface area contributed by atoms with Gasteiger partial charge in [0.2, 0.25) is 5.84 Å². The third-order valence-corrected chi connectivity index (χ3v) is 7.33. The summed E-state index contributed by atoms with van der Waals surface area (Å²) < 4.78 is 40.4. The van der Waals surface area contributed by atoms with Gasteiger partial charge in [-0.05, 0) is 69.2 Å². The molecule has 3 aliphatic rings. The molecule has 3 N–H and O–H groups in total. The molecule has 2 saturated carbocycles. The number of aromatic nitrogens is 1. The number of nitrogens with one attached hydrogen (secondary N) is 3. The van der Waals surface area contributed by atoms with Gasteiger partial charge in [-0.3, -0.25) is 4.79 Å². The van der Waals surface area contributed by atoms with Crippen molar-refractivity contribution in [3.63, 3.8) is 0 Å². The lowest BCUT2D eigenvalue weighted by atomic mass is 9.78. The fourth-order valence-corrected chi connectivity index (χ4v) is 5.15. The summed E-state index contributed by atoms with van der Waals surface area (Å²) in [5.41, 5.74) is 3.16. The van der Waals surface area contributed by atoms with Crippen molar-refractivity contribution < 1.29 is 17.9 Å². The van der Waals surface area contributed by atoms with Crippen molar-refractivity contribution in [1.82, 2.24) is 15.7 Å². The second-order valence-electron chi connectivity index (χ2n) is 9.91. The number of nitriles is 1. The molecule has 1 aromatic heterocycles. The van der Waals surface area contributed by atoms with Crippen LogP contribution in [-0.2, 0) is 6.18 Å². The van der Waals surface area contributed by atoms with E-state index in [0.717, 1.165) is 37.3 Å². The quantitative estimate of drug-likeness (QED) is 0.534. The standard InChI is InChI=1S/C26H27F3N6O/c1-15(16-2-3-16)32-21-7-4-17(18(12-21)13-30)14-35-22-10-11-31-25(36)23(22)24(34-35)33-20-8-5-19(6-9-20)26(27,28)29/h5-6,8-11,14-18,21,32H,2-4,7,12H2,1H3,(H-,31,33,34,36)/p+1. The van der Waals surface area contributed by atoms with Crippen molar-refractivity contribution >= 4 is 23.4 Å². The summed E-state index contributed by atoms with van der Waals surface area (Å²) in [4.78, 5) is 19.7. The summed E-state index contributed by atoms with van der Waals surface area (Å²) in [6.45, 7) is 2.22. The monoisotopic (exact) mass is 497 g/mol. The van der Waals surface area contributed by atoms with Crippen molar-refractivity contribution in [2.24, 2.45) is 22.7 Å². The van der Waals surface area contributed by atoms with Gasteiger partial charge in [0.05, 0.1) is 29.2 Å². The van der Waals surface area contributed by atoms with Crippen molar-refractivity contribution in [3.8, 4) is 6.07 Å². The number of nitrogens with zero attached hydrogens (tertiary/aromatic N) is 3. The topological polar surface area (TPSA) is 96.1 Å². The van der Waals surface area contributed by atoms with Gasteiger partial charge in [-0.15, -0.1) is 5.43 Å². The molecular weight excluding hydrogens is 469 g/mol. The van der Waals surface area contributed by atoms with E-state index in [0.29, 0.717) is 23.3 Å². The average molecular weight is 498 g/mol. The maximum atomic E-state index is 12.9. The van der Waals surface area contributed by atoms with Crippen LogP contribution in [0.2, 0.25) is 0 Å². The smallest absolute Gasteiger partial charge is 0.328 e. The number of hydrazone groups is 1. The van der Waals surface area contributed by atoms with E-state index >= 15 is 0 Å². The minimum atomic E-state index is -4.44. The molecule has 188 valence electrons. The molecule has 2 heterocycles. The molecule has 4 unspecified atom stereocenters. The lowest BCUT2D eigenvalue weighted by Gasteiger charge is -2.32. The number of alkyl halides is 3. The van der Waals surface area contributed by atoms with Gasteiger partial charge in [-0.25, -0.2) is 4.99 Å².